The van der Waals surface area contributed by atoms with Crippen LogP contribution in [0.1, 0.15) is 6.92 Å². The van der Waals surface area contributed by atoms with E-state index in [0.717, 1.165) is 22.3 Å². The predicted molar refractivity (Wildman–Crippen MR) is 80.2 cm³/mol. The van der Waals surface area contributed by atoms with Crippen LogP contribution in [0.15, 0.2) is 48.7 Å². The first-order chi connectivity index (χ1) is 10.1. The normalized spacial score (nSPS) is 12.5. The molecule has 4 nitrogen and oxygen atoms in total. The molecule has 3 aromatic rings. The number of rotatable bonds is 4. The van der Waals surface area contributed by atoms with Gasteiger partial charge in [0.05, 0.1) is 22.8 Å². The molecular weight excluding hydrogens is 269 g/mol. The first-order valence-corrected chi connectivity index (χ1v) is 6.76. The molecule has 0 saturated carbocycles. The van der Waals surface area contributed by atoms with Gasteiger partial charge in [-0.05, 0) is 43.3 Å². The van der Waals surface area contributed by atoms with E-state index in [0.29, 0.717) is 6.61 Å². The van der Waals surface area contributed by atoms with E-state index in [1.807, 2.05) is 25.1 Å². The van der Waals surface area contributed by atoms with Gasteiger partial charge in [0.2, 0.25) is 0 Å². The molecule has 5 heteroatoms. The van der Waals surface area contributed by atoms with Gasteiger partial charge < -0.3 is 10.5 Å². The van der Waals surface area contributed by atoms with Gasteiger partial charge in [0, 0.05) is 6.04 Å². The SMILES string of the molecule is CC(N)COc1cccc2c1cnn2-c1ccc(F)cc1. The summed E-state index contributed by atoms with van der Waals surface area (Å²) in [5.74, 6) is 0.481. The van der Waals surface area contributed by atoms with Crippen LogP contribution in [0.5, 0.6) is 5.75 Å². The van der Waals surface area contributed by atoms with Crippen molar-refractivity contribution in [3.8, 4) is 11.4 Å². The van der Waals surface area contributed by atoms with Crippen LogP contribution in [-0.4, -0.2) is 22.4 Å². The Balaban J connectivity index is 2.02. The molecule has 3 rings (SSSR count). The molecule has 1 heterocycles. The summed E-state index contributed by atoms with van der Waals surface area (Å²) in [7, 11) is 0. The topological polar surface area (TPSA) is 53.1 Å². The first kappa shape index (κ1) is 13.6. The van der Waals surface area contributed by atoms with Crippen LogP contribution in [0.3, 0.4) is 0 Å². The van der Waals surface area contributed by atoms with E-state index in [9.17, 15) is 4.39 Å². The van der Waals surface area contributed by atoms with Crippen LogP contribution in [0.25, 0.3) is 16.6 Å². The fraction of sp³-hybridized carbons (Fsp3) is 0.188. The summed E-state index contributed by atoms with van der Waals surface area (Å²) in [5.41, 5.74) is 7.42. The van der Waals surface area contributed by atoms with Crippen molar-refractivity contribution in [2.24, 2.45) is 5.73 Å². The Kier molecular flexibility index (Phi) is 3.58. The molecule has 0 aliphatic rings. The average Bonchev–Trinajstić information content (AvgIpc) is 2.90. The van der Waals surface area contributed by atoms with Crippen molar-refractivity contribution in [3.05, 3.63) is 54.5 Å². The first-order valence-electron chi connectivity index (χ1n) is 6.76. The van der Waals surface area contributed by atoms with Crippen molar-refractivity contribution < 1.29 is 9.13 Å². The van der Waals surface area contributed by atoms with Crippen molar-refractivity contribution in [2.45, 2.75) is 13.0 Å². The number of nitrogens with two attached hydrogens (primary N) is 1. The molecule has 0 amide bonds. The van der Waals surface area contributed by atoms with Crippen LogP contribution in [-0.2, 0) is 0 Å². The maximum atomic E-state index is 13.0. The molecular formula is C16H16FN3O. The Hall–Kier alpha value is -2.40. The lowest BCUT2D eigenvalue weighted by atomic mass is 10.2. The summed E-state index contributed by atoms with van der Waals surface area (Å²) in [5, 5.41) is 5.27. The van der Waals surface area contributed by atoms with E-state index in [-0.39, 0.29) is 11.9 Å². The maximum absolute atomic E-state index is 13.0. The third kappa shape index (κ3) is 2.73. The Morgan fingerprint density at radius 3 is 2.71 bits per heavy atom. The van der Waals surface area contributed by atoms with Gasteiger partial charge in [0.15, 0.2) is 0 Å². The fourth-order valence-electron chi connectivity index (χ4n) is 2.16. The molecule has 1 aromatic heterocycles. The Labute approximate surface area is 121 Å². The lowest BCUT2D eigenvalue weighted by molar-refractivity contribution is 0.299. The molecule has 2 aromatic carbocycles. The summed E-state index contributed by atoms with van der Waals surface area (Å²) in [6.45, 7) is 2.34. The van der Waals surface area contributed by atoms with Gasteiger partial charge in [0.25, 0.3) is 0 Å². The van der Waals surface area contributed by atoms with Crippen LogP contribution >= 0.6 is 0 Å². The van der Waals surface area contributed by atoms with Crippen molar-refractivity contribution in [1.29, 1.82) is 0 Å². The third-order valence-electron chi connectivity index (χ3n) is 3.15. The molecule has 0 bridgehead atoms. The number of aromatic nitrogens is 2. The van der Waals surface area contributed by atoms with E-state index in [1.165, 1.54) is 12.1 Å². The molecule has 2 N–H and O–H groups in total. The van der Waals surface area contributed by atoms with E-state index in [2.05, 4.69) is 5.10 Å². The Morgan fingerprint density at radius 1 is 1.24 bits per heavy atom. The van der Waals surface area contributed by atoms with Crippen LogP contribution in [0.4, 0.5) is 4.39 Å². The number of nitrogens with zero attached hydrogens (tertiary/aromatic N) is 2. The number of hydrogen-bond acceptors (Lipinski definition) is 3. The largest absolute Gasteiger partial charge is 0.491 e. The van der Waals surface area contributed by atoms with Crippen LogP contribution in [0.2, 0.25) is 0 Å². The lowest BCUT2D eigenvalue weighted by Crippen LogP contribution is -2.23. The molecule has 0 saturated heterocycles. The number of fused-ring (bicyclic) bond motifs is 1. The summed E-state index contributed by atoms with van der Waals surface area (Å²) in [4.78, 5) is 0. The molecule has 0 spiro atoms. The summed E-state index contributed by atoms with van der Waals surface area (Å²) >= 11 is 0. The highest BCUT2D eigenvalue weighted by Gasteiger charge is 2.10. The molecule has 0 aliphatic heterocycles. The average molecular weight is 285 g/mol. The number of hydrogen-bond donors (Lipinski definition) is 1. The van der Waals surface area contributed by atoms with Crippen LogP contribution in [0, 0.1) is 5.82 Å². The summed E-state index contributed by atoms with van der Waals surface area (Å²) in [6, 6.07) is 11.9. The fourth-order valence-corrected chi connectivity index (χ4v) is 2.16. The van der Waals surface area contributed by atoms with E-state index in [4.69, 9.17) is 10.5 Å². The number of halogens is 1. The minimum Gasteiger partial charge on any atom is -0.491 e. The van der Waals surface area contributed by atoms with Gasteiger partial charge >= 0.3 is 0 Å². The van der Waals surface area contributed by atoms with Gasteiger partial charge in [-0.15, -0.1) is 0 Å². The van der Waals surface area contributed by atoms with E-state index >= 15 is 0 Å². The Morgan fingerprint density at radius 2 is 2.00 bits per heavy atom. The summed E-state index contributed by atoms with van der Waals surface area (Å²) < 4.78 is 20.5. The zero-order chi connectivity index (χ0) is 14.8. The molecule has 0 aliphatic carbocycles. The highest BCUT2D eigenvalue weighted by atomic mass is 19.1. The highest BCUT2D eigenvalue weighted by Crippen LogP contribution is 2.27. The molecule has 21 heavy (non-hydrogen) atoms. The van der Waals surface area contributed by atoms with Gasteiger partial charge in [-0.3, -0.25) is 0 Å². The van der Waals surface area contributed by atoms with Crippen molar-refractivity contribution in [3.63, 3.8) is 0 Å². The molecule has 0 radical (unpaired) electrons. The van der Waals surface area contributed by atoms with Crippen molar-refractivity contribution >= 4 is 10.9 Å². The minimum absolute atomic E-state index is 0.0348. The lowest BCUT2D eigenvalue weighted by Gasteiger charge is -2.10. The molecule has 0 fully saturated rings. The molecule has 108 valence electrons. The quantitative estimate of drug-likeness (QED) is 0.802. The van der Waals surface area contributed by atoms with Crippen LogP contribution < -0.4 is 10.5 Å². The highest BCUT2D eigenvalue weighted by molar-refractivity contribution is 5.86. The second-order valence-corrected chi connectivity index (χ2v) is 5.01. The zero-order valence-corrected chi connectivity index (χ0v) is 11.7. The van der Waals surface area contributed by atoms with Crippen molar-refractivity contribution in [2.75, 3.05) is 6.61 Å². The predicted octanol–water partition coefficient (Wildman–Crippen LogP) is 2.89. The van der Waals surface area contributed by atoms with E-state index in [1.54, 1.807) is 23.0 Å². The van der Waals surface area contributed by atoms with E-state index < -0.39 is 0 Å². The maximum Gasteiger partial charge on any atom is 0.130 e. The van der Waals surface area contributed by atoms with Crippen molar-refractivity contribution in [1.82, 2.24) is 9.78 Å². The van der Waals surface area contributed by atoms with Gasteiger partial charge in [0.1, 0.15) is 18.2 Å². The van der Waals surface area contributed by atoms with Gasteiger partial charge in [-0.2, -0.15) is 5.10 Å². The molecule has 1 atom stereocenters. The monoisotopic (exact) mass is 285 g/mol. The van der Waals surface area contributed by atoms with Gasteiger partial charge in [-0.1, -0.05) is 6.07 Å². The standard InChI is InChI=1S/C16H16FN3O/c1-11(18)10-21-16-4-2-3-15-14(16)9-19-20(15)13-7-5-12(17)6-8-13/h2-9,11H,10,18H2,1H3. The number of ether oxygens (including phenoxy) is 1. The van der Waals surface area contributed by atoms with Gasteiger partial charge in [-0.25, -0.2) is 9.07 Å². The molecule has 1 unspecified atom stereocenters. The second-order valence-electron chi connectivity index (χ2n) is 5.01. The summed E-state index contributed by atoms with van der Waals surface area (Å²) in [6.07, 6.45) is 1.75. The smallest absolute Gasteiger partial charge is 0.130 e. The third-order valence-corrected chi connectivity index (χ3v) is 3.15. The zero-order valence-electron chi connectivity index (χ0n) is 11.7. The minimum atomic E-state index is -0.267. The Bertz CT molecular complexity index is 750. The number of benzene rings is 2. The second kappa shape index (κ2) is 5.54.